The zero-order chi connectivity index (χ0) is 18.0. The topological polar surface area (TPSA) is 58.6 Å². The highest BCUT2D eigenvalue weighted by atomic mass is 79.9. The molecule has 5 nitrogen and oxygen atoms in total. The highest BCUT2D eigenvalue weighted by Gasteiger charge is 2.35. The van der Waals surface area contributed by atoms with Crippen molar-refractivity contribution >= 4 is 50.7 Å². The SMILES string of the molecule is COc1cccc(N2CC(C(=O)Nc3ccc(Br)cc3Cl)CC2=O)c1. The Balaban J connectivity index is 1.72. The Morgan fingerprint density at radius 2 is 2.12 bits per heavy atom. The largest absolute Gasteiger partial charge is 0.497 e. The standard InChI is InChI=1S/C18H16BrClN2O3/c1-25-14-4-2-3-13(9-14)22-10-11(7-17(22)23)18(24)21-16-6-5-12(19)8-15(16)20/h2-6,8-9,11H,7,10H2,1H3,(H,21,24). The predicted molar refractivity (Wildman–Crippen MR) is 101 cm³/mol. The average molecular weight is 424 g/mol. The second-order valence-corrected chi connectivity index (χ2v) is 7.04. The van der Waals surface area contributed by atoms with Gasteiger partial charge in [-0.3, -0.25) is 9.59 Å². The van der Waals surface area contributed by atoms with Crippen LogP contribution in [0.2, 0.25) is 5.02 Å². The van der Waals surface area contributed by atoms with Crippen LogP contribution in [0.5, 0.6) is 5.75 Å². The summed E-state index contributed by atoms with van der Waals surface area (Å²) in [4.78, 5) is 26.4. The van der Waals surface area contributed by atoms with Crippen LogP contribution in [0.1, 0.15) is 6.42 Å². The van der Waals surface area contributed by atoms with E-state index in [1.165, 1.54) is 0 Å². The summed E-state index contributed by atoms with van der Waals surface area (Å²) in [6.07, 6.45) is 0.164. The van der Waals surface area contributed by atoms with Gasteiger partial charge in [0.25, 0.3) is 0 Å². The lowest BCUT2D eigenvalue weighted by Gasteiger charge is -2.17. The fourth-order valence-corrected chi connectivity index (χ4v) is 3.46. The van der Waals surface area contributed by atoms with Gasteiger partial charge in [-0.25, -0.2) is 0 Å². The van der Waals surface area contributed by atoms with Gasteiger partial charge < -0.3 is 15.0 Å². The first kappa shape index (κ1) is 17.8. The molecule has 1 N–H and O–H groups in total. The molecule has 0 radical (unpaired) electrons. The van der Waals surface area contributed by atoms with E-state index < -0.39 is 5.92 Å². The Bertz CT molecular complexity index is 828. The number of nitrogens with one attached hydrogen (secondary N) is 1. The summed E-state index contributed by atoms with van der Waals surface area (Å²) in [5.74, 6) is -0.0727. The molecule has 130 valence electrons. The van der Waals surface area contributed by atoms with Gasteiger partial charge in [-0.2, -0.15) is 0 Å². The number of hydrogen-bond donors (Lipinski definition) is 1. The van der Waals surface area contributed by atoms with E-state index in [1.807, 2.05) is 18.2 Å². The third-order valence-corrected chi connectivity index (χ3v) is 4.86. The molecule has 7 heteroatoms. The molecule has 1 aliphatic heterocycles. The van der Waals surface area contributed by atoms with E-state index in [4.69, 9.17) is 16.3 Å². The summed E-state index contributed by atoms with van der Waals surface area (Å²) in [7, 11) is 1.57. The quantitative estimate of drug-likeness (QED) is 0.805. The van der Waals surface area contributed by atoms with Crippen molar-refractivity contribution in [2.45, 2.75) is 6.42 Å². The third-order valence-electron chi connectivity index (χ3n) is 4.05. The lowest BCUT2D eigenvalue weighted by molar-refractivity contribution is -0.122. The molecule has 2 amide bonds. The van der Waals surface area contributed by atoms with Gasteiger partial charge in [0.15, 0.2) is 0 Å². The number of halogens is 2. The van der Waals surface area contributed by atoms with E-state index >= 15 is 0 Å². The van der Waals surface area contributed by atoms with Crippen molar-refractivity contribution < 1.29 is 14.3 Å². The summed E-state index contributed by atoms with van der Waals surface area (Å²) in [5, 5.41) is 3.24. The zero-order valence-electron chi connectivity index (χ0n) is 13.5. The van der Waals surface area contributed by atoms with Gasteiger partial charge in [0, 0.05) is 29.2 Å². The third kappa shape index (κ3) is 3.96. The predicted octanol–water partition coefficient (Wildman–Crippen LogP) is 4.10. The van der Waals surface area contributed by atoms with Crippen LogP contribution in [0.3, 0.4) is 0 Å². The Morgan fingerprint density at radius 3 is 2.84 bits per heavy atom. The smallest absolute Gasteiger partial charge is 0.229 e. The van der Waals surface area contributed by atoms with E-state index in [2.05, 4.69) is 21.2 Å². The summed E-state index contributed by atoms with van der Waals surface area (Å²) in [6.45, 7) is 0.325. The van der Waals surface area contributed by atoms with Crippen LogP contribution in [-0.2, 0) is 9.59 Å². The van der Waals surface area contributed by atoms with Crippen LogP contribution in [0.25, 0.3) is 0 Å². The molecule has 1 aliphatic rings. The molecule has 0 aromatic heterocycles. The van der Waals surface area contributed by atoms with Crippen molar-refractivity contribution in [3.05, 3.63) is 52.0 Å². The van der Waals surface area contributed by atoms with Crippen LogP contribution >= 0.6 is 27.5 Å². The molecule has 3 rings (SSSR count). The van der Waals surface area contributed by atoms with Gasteiger partial charge in [0.1, 0.15) is 5.75 Å². The van der Waals surface area contributed by atoms with Gasteiger partial charge in [-0.15, -0.1) is 0 Å². The van der Waals surface area contributed by atoms with E-state index in [-0.39, 0.29) is 18.2 Å². The molecule has 1 saturated heterocycles. The molecule has 0 spiro atoms. The Hall–Kier alpha value is -2.05. The minimum absolute atomic E-state index is 0.0877. The Morgan fingerprint density at radius 1 is 1.32 bits per heavy atom. The maximum atomic E-state index is 12.5. The van der Waals surface area contributed by atoms with E-state index in [0.717, 1.165) is 10.2 Å². The van der Waals surface area contributed by atoms with Crippen molar-refractivity contribution in [2.24, 2.45) is 5.92 Å². The fourth-order valence-electron chi connectivity index (χ4n) is 2.74. The summed E-state index contributed by atoms with van der Waals surface area (Å²) in [5.41, 5.74) is 1.25. The van der Waals surface area contributed by atoms with Crippen LogP contribution < -0.4 is 15.0 Å². The maximum Gasteiger partial charge on any atom is 0.229 e. The number of anilines is 2. The number of rotatable bonds is 4. The lowest BCUT2D eigenvalue weighted by atomic mass is 10.1. The number of methoxy groups -OCH3 is 1. The first-order valence-corrected chi connectivity index (χ1v) is 8.85. The number of carbonyl (C=O) groups is 2. The number of hydrogen-bond acceptors (Lipinski definition) is 3. The summed E-state index contributed by atoms with van der Waals surface area (Å²) in [6, 6.07) is 12.5. The number of nitrogens with zero attached hydrogens (tertiary/aromatic N) is 1. The van der Waals surface area contributed by atoms with Crippen LogP contribution in [0.15, 0.2) is 46.9 Å². The number of amides is 2. The van der Waals surface area contributed by atoms with Crippen molar-refractivity contribution in [3.8, 4) is 5.75 Å². The van der Waals surface area contributed by atoms with Crippen LogP contribution in [-0.4, -0.2) is 25.5 Å². The van der Waals surface area contributed by atoms with Crippen molar-refractivity contribution in [1.82, 2.24) is 0 Å². The molecule has 1 heterocycles. The molecule has 0 bridgehead atoms. The van der Waals surface area contributed by atoms with E-state index in [1.54, 1.807) is 36.3 Å². The van der Waals surface area contributed by atoms with Gasteiger partial charge >= 0.3 is 0 Å². The van der Waals surface area contributed by atoms with Crippen molar-refractivity contribution in [2.75, 3.05) is 23.9 Å². The first-order chi connectivity index (χ1) is 12.0. The Labute approximate surface area is 159 Å². The molecule has 1 atom stereocenters. The summed E-state index contributed by atoms with van der Waals surface area (Å²) >= 11 is 9.45. The van der Waals surface area contributed by atoms with E-state index in [9.17, 15) is 9.59 Å². The maximum absolute atomic E-state index is 12.5. The molecule has 25 heavy (non-hydrogen) atoms. The summed E-state index contributed by atoms with van der Waals surface area (Å²) < 4.78 is 6.02. The monoisotopic (exact) mass is 422 g/mol. The number of benzene rings is 2. The molecular formula is C18H16BrClN2O3. The van der Waals surface area contributed by atoms with Gasteiger partial charge in [-0.1, -0.05) is 33.6 Å². The number of ether oxygens (including phenoxy) is 1. The molecule has 2 aromatic carbocycles. The highest BCUT2D eigenvalue weighted by Crippen LogP contribution is 2.30. The van der Waals surface area contributed by atoms with Crippen LogP contribution in [0.4, 0.5) is 11.4 Å². The molecule has 1 fully saturated rings. The van der Waals surface area contributed by atoms with E-state index in [0.29, 0.717) is 23.0 Å². The van der Waals surface area contributed by atoms with Gasteiger partial charge in [0.2, 0.25) is 11.8 Å². The molecule has 1 unspecified atom stereocenters. The first-order valence-electron chi connectivity index (χ1n) is 7.68. The average Bonchev–Trinajstić information content (AvgIpc) is 2.99. The van der Waals surface area contributed by atoms with Crippen LogP contribution in [0, 0.1) is 5.92 Å². The van der Waals surface area contributed by atoms with Crippen molar-refractivity contribution in [1.29, 1.82) is 0 Å². The second-order valence-electron chi connectivity index (χ2n) is 5.72. The fraction of sp³-hybridized carbons (Fsp3) is 0.222. The highest BCUT2D eigenvalue weighted by molar-refractivity contribution is 9.10. The normalized spacial score (nSPS) is 16.8. The minimum atomic E-state index is -0.432. The molecule has 0 saturated carbocycles. The minimum Gasteiger partial charge on any atom is -0.497 e. The van der Waals surface area contributed by atoms with Crippen molar-refractivity contribution in [3.63, 3.8) is 0 Å². The van der Waals surface area contributed by atoms with Gasteiger partial charge in [0.05, 0.1) is 23.7 Å². The second kappa shape index (κ2) is 7.45. The molecule has 0 aliphatic carbocycles. The zero-order valence-corrected chi connectivity index (χ0v) is 15.8. The Kier molecular flexibility index (Phi) is 5.30. The van der Waals surface area contributed by atoms with Gasteiger partial charge in [-0.05, 0) is 30.3 Å². The molecular weight excluding hydrogens is 408 g/mol. The number of carbonyl (C=O) groups excluding carboxylic acids is 2. The lowest BCUT2D eigenvalue weighted by Crippen LogP contribution is -2.28. The molecule has 2 aromatic rings.